The van der Waals surface area contributed by atoms with Gasteiger partial charge in [-0.25, -0.2) is 23.3 Å². The van der Waals surface area contributed by atoms with Gasteiger partial charge < -0.3 is 20.1 Å². The molecule has 12 heteroatoms. The summed E-state index contributed by atoms with van der Waals surface area (Å²) in [7, 11) is 1.37. The summed E-state index contributed by atoms with van der Waals surface area (Å²) >= 11 is 0. The Kier molecular flexibility index (Phi) is 6.86. The maximum atomic E-state index is 14.6. The molecule has 0 aliphatic heterocycles. The molecule has 1 fully saturated rings. The average molecular weight is 523 g/mol. The zero-order valence-electron chi connectivity index (χ0n) is 20.6. The summed E-state index contributed by atoms with van der Waals surface area (Å²) in [6, 6.07) is 6.93. The van der Waals surface area contributed by atoms with Crippen LogP contribution >= 0.6 is 0 Å². The number of carbonyl (C=O) groups excluding carboxylic acids is 2. The van der Waals surface area contributed by atoms with Crippen molar-refractivity contribution in [1.82, 2.24) is 24.9 Å². The van der Waals surface area contributed by atoms with E-state index >= 15 is 0 Å². The molecule has 0 radical (unpaired) electrons. The molecule has 3 aromatic heterocycles. The minimum atomic E-state index is -0.694. The molecule has 0 spiro atoms. The molecular weight excluding hydrogens is 498 g/mol. The van der Waals surface area contributed by atoms with Gasteiger partial charge in [-0.15, -0.1) is 0 Å². The Labute approximate surface area is 216 Å². The van der Waals surface area contributed by atoms with Crippen LogP contribution in [-0.2, 0) is 11.3 Å². The van der Waals surface area contributed by atoms with Crippen LogP contribution in [0.3, 0.4) is 0 Å². The monoisotopic (exact) mass is 522 g/mol. The minimum absolute atomic E-state index is 0.0489. The minimum Gasteiger partial charge on any atom is -0.490 e. The third-order valence-electron chi connectivity index (χ3n) is 5.95. The van der Waals surface area contributed by atoms with Gasteiger partial charge in [0.1, 0.15) is 11.4 Å². The Morgan fingerprint density at radius 1 is 1.16 bits per heavy atom. The zero-order chi connectivity index (χ0) is 26.8. The predicted molar refractivity (Wildman–Crippen MR) is 133 cm³/mol. The highest BCUT2D eigenvalue weighted by Crippen LogP contribution is 2.32. The number of rotatable bonds is 9. The first-order valence-corrected chi connectivity index (χ1v) is 11.9. The van der Waals surface area contributed by atoms with E-state index in [2.05, 4.69) is 25.7 Å². The predicted octanol–water partition coefficient (Wildman–Crippen LogP) is 3.76. The highest BCUT2D eigenvalue weighted by molar-refractivity contribution is 5.97. The van der Waals surface area contributed by atoms with E-state index in [9.17, 15) is 18.4 Å². The number of ether oxygens (including phenoxy) is 2. The second kappa shape index (κ2) is 10.4. The fraction of sp³-hybridized carbons (Fsp3) is 0.269. The molecule has 0 saturated heterocycles. The van der Waals surface area contributed by atoms with E-state index in [4.69, 9.17) is 9.47 Å². The first kappa shape index (κ1) is 25.1. The lowest BCUT2D eigenvalue weighted by molar-refractivity contribution is -0.114. The summed E-state index contributed by atoms with van der Waals surface area (Å²) in [5.41, 5.74) is 1.48. The molecule has 0 unspecified atom stereocenters. The quantitative estimate of drug-likeness (QED) is 0.344. The fourth-order valence-electron chi connectivity index (χ4n) is 3.84. The van der Waals surface area contributed by atoms with Gasteiger partial charge in [-0.05, 0) is 49.1 Å². The summed E-state index contributed by atoms with van der Waals surface area (Å²) in [4.78, 5) is 32.9. The largest absolute Gasteiger partial charge is 0.490 e. The SMILES string of the molecule is COc1ncc(-c2ccc3nc(NC(C)=O)cn3n2)cc1C(=O)NCc1c(F)ccc(F)c1OCC1CC1. The Morgan fingerprint density at radius 3 is 2.68 bits per heavy atom. The second-order valence-corrected chi connectivity index (χ2v) is 8.88. The lowest BCUT2D eigenvalue weighted by Gasteiger charge is -2.15. The molecule has 38 heavy (non-hydrogen) atoms. The number of amides is 2. The van der Waals surface area contributed by atoms with Crippen LogP contribution < -0.4 is 20.1 Å². The summed E-state index contributed by atoms with van der Waals surface area (Å²) in [5.74, 6) is -1.72. The smallest absolute Gasteiger partial charge is 0.257 e. The first-order valence-electron chi connectivity index (χ1n) is 11.9. The van der Waals surface area contributed by atoms with Crippen molar-refractivity contribution >= 4 is 23.3 Å². The number of nitrogens with one attached hydrogen (secondary N) is 2. The topological polar surface area (TPSA) is 120 Å². The highest BCUT2D eigenvalue weighted by atomic mass is 19.1. The molecule has 0 bridgehead atoms. The Balaban J connectivity index is 1.38. The molecule has 1 aromatic carbocycles. The summed E-state index contributed by atoms with van der Waals surface area (Å²) in [5, 5.41) is 9.68. The standard InChI is InChI=1S/C26H24F2N6O4/c1-14(35)31-22-12-34-23(32-22)8-7-21(33-34)16-9-17(26(37-2)30-10-16)25(36)29-11-18-19(27)5-6-20(28)24(18)38-13-15-3-4-15/h5-10,12,15H,3-4,11,13H2,1-2H3,(H,29,36)(H,31,35). The third kappa shape index (κ3) is 5.38. The Morgan fingerprint density at radius 2 is 1.95 bits per heavy atom. The maximum absolute atomic E-state index is 14.6. The van der Waals surface area contributed by atoms with Crippen LogP contribution in [-0.4, -0.2) is 45.1 Å². The van der Waals surface area contributed by atoms with Gasteiger partial charge in [0, 0.05) is 25.2 Å². The molecule has 2 N–H and O–H groups in total. The number of pyridine rings is 1. The third-order valence-corrected chi connectivity index (χ3v) is 5.95. The van der Waals surface area contributed by atoms with Gasteiger partial charge in [0.25, 0.3) is 5.91 Å². The van der Waals surface area contributed by atoms with Crippen molar-refractivity contribution < 1.29 is 27.8 Å². The molecule has 1 aliphatic carbocycles. The molecule has 4 aromatic rings. The number of carbonyl (C=O) groups is 2. The fourth-order valence-corrected chi connectivity index (χ4v) is 3.84. The van der Waals surface area contributed by atoms with E-state index in [1.165, 1.54) is 30.8 Å². The number of nitrogens with zero attached hydrogens (tertiary/aromatic N) is 4. The first-order chi connectivity index (χ1) is 18.3. The van der Waals surface area contributed by atoms with E-state index in [1.54, 1.807) is 18.3 Å². The number of hydrogen-bond donors (Lipinski definition) is 2. The summed E-state index contributed by atoms with van der Waals surface area (Å²) in [6.07, 6.45) is 5.03. The van der Waals surface area contributed by atoms with Gasteiger partial charge in [-0.2, -0.15) is 5.10 Å². The number of methoxy groups -OCH3 is 1. The molecule has 196 valence electrons. The summed E-state index contributed by atoms with van der Waals surface area (Å²) in [6.45, 7) is 1.37. The van der Waals surface area contributed by atoms with Crippen LogP contribution in [0.5, 0.6) is 11.6 Å². The molecular formula is C26H24F2N6O4. The van der Waals surface area contributed by atoms with Gasteiger partial charge in [0.15, 0.2) is 23.0 Å². The van der Waals surface area contributed by atoms with Crippen molar-refractivity contribution in [1.29, 1.82) is 0 Å². The summed E-state index contributed by atoms with van der Waals surface area (Å²) < 4.78 is 41.3. The lowest BCUT2D eigenvalue weighted by atomic mass is 10.1. The van der Waals surface area contributed by atoms with E-state index < -0.39 is 17.5 Å². The van der Waals surface area contributed by atoms with Crippen LogP contribution in [0.1, 0.15) is 35.7 Å². The molecule has 3 heterocycles. The van der Waals surface area contributed by atoms with Crippen molar-refractivity contribution in [3.05, 3.63) is 65.5 Å². The van der Waals surface area contributed by atoms with Crippen molar-refractivity contribution in [3.8, 4) is 22.9 Å². The van der Waals surface area contributed by atoms with E-state index in [0.717, 1.165) is 25.0 Å². The maximum Gasteiger partial charge on any atom is 0.257 e. The van der Waals surface area contributed by atoms with Crippen LogP contribution in [0.2, 0.25) is 0 Å². The Hall–Kier alpha value is -4.61. The lowest BCUT2D eigenvalue weighted by Crippen LogP contribution is -2.25. The molecule has 1 saturated carbocycles. The van der Waals surface area contributed by atoms with Crippen LogP contribution in [0, 0.1) is 17.6 Å². The van der Waals surface area contributed by atoms with Crippen molar-refractivity contribution in [2.75, 3.05) is 19.0 Å². The van der Waals surface area contributed by atoms with Crippen molar-refractivity contribution in [2.24, 2.45) is 5.92 Å². The number of aromatic nitrogens is 4. The number of fused-ring (bicyclic) bond motifs is 1. The number of hydrogen-bond acceptors (Lipinski definition) is 7. The molecule has 2 amide bonds. The van der Waals surface area contributed by atoms with Gasteiger partial charge in [0.05, 0.1) is 31.2 Å². The van der Waals surface area contributed by atoms with Gasteiger partial charge >= 0.3 is 0 Å². The normalized spacial score (nSPS) is 12.8. The van der Waals surface area contributed by atoms with Crippen molar-refractivity contribution in [2.45, 2.75) is 26.3 Å². The molecule has 0 atom stereocenters. The van der Waals surface area contributed by atoms with Gasteiger partial charge in [-0.3, -0.25) is 9.59 Å². The van der Waals surface area contributed by atoms with Gasteiger partial charge in [0.2, 0.25) is 11.8 Å². The second-order valence-electron chi connectivity index (χ2n) is 8.88. The van der Waals surface area contributed by atoms with Crippen molar-refractivity contribution in [3.63, 3.8) is 0 Å². The average Bonchev–Trinajstić information content (AvgIpc) is 3.65. The molecule has 5 rings (SSSR count). The van der Waals surface area contributed by atoms with Crippen LogP contribution in [0.25, 0.3) is 16.9 Å². The number of benzene rings is 1. The van der Waals surface area contributed by atoms with E-state index in [-0.39, 0.29) is 35.2 Å². The van der Waals surface area contributed by atoms with E-state index in [1.807, 2.05) is 0 Å². The molecule has 10 nitrogen and oxygen atoms in total. The van der Waals surface area contributed by atoms with Crippen LogP contribution in [0.15, 0.2) is 42.7 Å². The number of imidazole rings is 1. The number of halogens is 2. The zero-order valence-corrected chi connectivity index (χ0v) is 20.6. The molecule has 1 aliphatic rings. The van der Waals surface area contributed by atoms with Gasteiger partial charge in [-0.1, -0.05) is 0 Å². The van der Waals surface area contributed by atoms with E-state index in [0.29, 0.717) is 35.2 Å². The van der Waals surface area contributed by atoms with Crippen LogP contribution in [0.4, 0.5) is 14.6 Å². The highest BCUT2D eigenvalue weighted by Gasteiger charge is 2.25. The number of anilines is 1. The Bertz CT molecular complexity index is 1540.